The predicted octanol–water partition coefficient (Wildman–Crippen LogP) is 4.15. The fourth-order valence-corrected chi connectivity index (χ4v) is 9.53. The van der Waals surface area contributed by atoms with Crippen LogP contribution in [0.2, 0.25) is 11.1 Å². The molecule has 0 aromatic heterocycles. The molecule has 3 heteroatoms. The first-order valence-electron chi connectivity index (χ1n) is 7.44. The van der Waals surface area contributed by atoms with Crippen LogP contribution < -0.4 is 0 Å². The molecule has 2 rings (SSSR count). The number of rotatable bonds is 4. The summed E-state index contributed by atoms with van der Waals surface area (Å²) in [6.45, 7) is 9.23. The zero-order valence-electron chi connectivity index (χ0n) is 13.1. The van der Waals surface area contributed by atoms with Crippen molar-refractivity contribution in [2.75, 3.05) is 14.2 Å². The molecule has 0 bridgehead atoms. The van der Waals surface area contributed by atoms with Gasteiger partial charge in [-0.25, -0.2) is 0 Å². The number of hydrogen-bond acceptors (Lipinski definition) is 2. The van der Waals surface area contributed by atoms with Crippen molar-refractivity contribution < 1.29 is 8.85 Å². The first-order chi connectivity index (χ1) is 8.97. The molecule has 0 heterocycles. The van der Waals surface area contributed by atoms with Gasteiger partial charge in [0, 0.05) is 25.3 Å². The van der Waals surface area contributed by atoms with Crippen molar-refractivity contribution in [3.05, 3.63) is 24.3 Å². The van der Waals surface area contributed by atoms with E-state index < -0.39 is 8.56 Å². The molecule has 2 aliphatic rings. The highest BCUT2D eigenvalue weighted by Crippen LogP contribution is 2.54. The average molecular weight is 280 g/mol. The first kappa shape index (κ1) is 15.0. The van der Waals surface area contributed by atoms with Crippen LogP contribution in [-0.4, -0.2) is 22.8 Å². The molecular formula is C16H28O2Si. The Bertz CT molecular complexity index is 317. The largest absolute Gasteiger partial charge is 0.397 e. The number of allylic oxidation sites excluding steroid dienone is 4. The average Bonchev–Trinajstić information content (AvgIpc) is 2.90. The van der Waals surface area contributed by atoms with Crippen LogP contribution in [0.1, 0.15) is 27.7 Å². The zero-order valence-corrected chi connectivity index (χ0v) is 14.1. The molecule has 0 fully saturated rings. The summed E-state index contributed by atoms with van der Waals surface area (Å²) < 4.78 is 12.3. The molecule has 0 aromatic carbocycles. The molecule has 0 radical (unpaired) electrons. The van der Waals surface area contributed by atoms with Gasteiger partial charge in [0.15, 0.2) is 0 Å². The van der Waals surface area contributed by atoms with Crippen LogP contribution in [0.5, 0.6) is 0 Å². The molecule has 0 aliphatic heterocycles. The van der Waals surface area contributed by atoms with E-state index in [0.29, 0.717) is 34.8 Å². The van der Waals surface area contributed by atoms with Crippen LogP contribution >= 0.6 is 0 Å². The van der Waals surface area contributed by atoms with Crippen LogP contribution in [0.15, 0.2) is 24.3 Å². The van der Waals surface area contributed by atoms with Gasteiger partial charge in [0.25, 0.3) is 0 Å². The molecule has 19 heavy (non-hydrogen) atoms. The lowest BCUT2D eigenvalue weighted by Crippen LogP contribution is -2.54. The fraction of sp³-hybridized carbons (Fsp3) is 0.750. The van der Waals surface area contributed by atoms with Crippen LogP contribution in [0.25, 0.3) is 0 Å². The van der Waals surface area contributed by atoms with E-state index in [0.717, 1.165) is 0 Å². The molecule has 4 unspecified atom stereocenters. The monoisotopic (exact) mass is 280 g/mol. The molecule has 2 nitrogen and oxygen atoms in total. The van der Waals surface area contributed by atoms with Gasteiger partial charge in [0.2, 0.25) is 0 Å². The van der Waals surface area contributed by atoms with E-state index in [9.17, 15) is 0 Å². The van der Waals surface area contributed by atoms with Gasteiger partial charge in [0.1, 0.15) is 0 Å². The summed E-state index contributed by atoms with van der Waals surface area (Å²) in [6, 6.07) is 0. The third-order valence-electron chi connectivity index (χ3n) is 5.27. The maximum Gasteiger partial charge on any atom is 0.346 e. The van der Waals surface area contributed by atoms with Gasteiger partial charge in [-0.05, 0) is 23.7 Å². The van der Waals surface area contributed by atoms with Crippen LogP contribution in [-0.2, 0) is 8.85 Å². The Morgan fingerprint density at radius 3 is 1.11 bits per heavy atom. The van der Waals surface area contributed by atoms with Crippen molar-refractivity contribution in [3.63, 3.8) is 0 Å². The zero-order chi connectivity index (χ0) is 14.2. The summed E-state index contributed by atoms with van der Waals surface area (Å²) in [5, 5.41) is 0. The topological polar surface area (TPSA) is 18.5 Å². The molecule has 0 saturated heterocycles. The molecule has 2 aliphatic carbocycles. The molecule has 0 N–H and O–H groups in total. The van der Waals surface area contributed by atoms with Crippen LogP contribution in [0, 0.1) is 23.7 Å². The van der Waals surface area contributed by atoms with Gasteiger partial charge in [0.05, 0.1) is 0 Å². The summed E-state index contributed by atoms with van der Waals surface area (Å²) in [6.07, 6.45) is 9.36. The van der Waals surface area contributed by atoms with E-state index >= 15 is 0 Å². The van der Waals surface area contributed by atoms with Gasteiger partial charge < -0.3 is 8.85 Å². The Labute approximate surface area is 119 Å². The minimum absolute atomic E-state index is 0.525. The minimum Gasteiger partial charge on any atom is -0.397 e. The van der Waals surface area contributed by atoms with E-state index in [-0.39, 0.29) is 0 Å². The number of hydrogen-bond donors (Lipinski definition) is 0. The van der Waals surface area contributed by atoms with Crippen molar-refractivity contribution in [3.8, 4) is 0 Å². The molecule has 0 aromatic rings. The Hall–Kier alpha value is -0.383. The summed E-state index contributed by atoms with van der Waals surface area (Å²) in [5.41, 5.74) is 1.05. The van der Waals surface area contributed by atoms with Gasteiger partial charge in [-0.15, -0.1) is 0 Å². The highest BCUT2D eigenvalue weighted by atomic mass is 28.4. The summed E-state index contributed by atoms with van der Waals surface area (Å²) in [4.78, 5) is 0. The second kappa shape index (κ2) is 5.55. The van der Waals surface area contributed by atoms with Crippen molar-refractivity contribution in [1.29, 1.82) is 0 Å². The third-order valence-corrected chi connectivity index (χ3v) is 10.5. The van der Waals surface area contributed by atoms with Gasteiger partial charge in [-0.2, -0.15) is 0 Å². The molecule has 0 amide bonds. The Kier molecular flexibility index (Phi) is 4.38. The smallest absolute Gasteiger partial charge is 0.346 e. The van der Waals surface area contributed by atoms with Crippen molar-refractivity contribution in [2.24, 2.45) is 23.7 Å². The standard InChI is InChI=1S/C16H28O2Si/c1-11-7-8-12(2)15(11)19(17-5,18-6)16-13(3)9-10-14(16)4/h7-16H,1-6H3. The van der Waals surface area contributed by atoms with E-state index in [2.05, 4.69) is 52.0 Å². The lowest BCUT2D eigenvalue weighted by Gasteiger charge is -2.44. The van der Waals surface area contributed by atoms with Gasteiger partial charge in [-0.3, -0.25) is 0 Å². The van der Waals surface area contributed by atoms with Crippen LogP contribution in [0.3, 0.4) is 0 Å². The van der Waals surface area contributed by atoms with Crippen molar-refractivity contribution >= 4 is 8.56 Å². The highest BCUT2D eigenvalue weighted by molar-refractivity contribution is 6.71. The molecule has 108 valence electrons. The second-order valence-electron chi connectivity index (χ2n) is 6.39. The Morgan fingerprint density at radius 2 is 0.895 bits per heavy atom. The van der Waals surface area contributed by atoms with E-state index in [1.165, 1.54) is 0 Å². The normalized spacial score (nSPS) is 42.2. The summed E-state index contributed by atoms with van der Waals surface area (Å²) >= 11 is 0. The summed E-state index contributed by atoms with van der Waals surface area (Å²) in [5.74, 6) is 2.23. The third kappa shape index (κ3) is 2.26. The van der Waals surface area contributed by atoms with E-state index in [4.69, 9.17) is 8.85 Å². The molecule has 0 saturated carbocycles. The lowest BCUT2D eigenvalue weighted by atomic mass is 10.0. The maximum absolute atomic E-state index is 6.17. The minimum atomic E-state index is -2.25. The fourth-order valence-electron chi connectivity index (χ4n) is 4.45. The molecule has 4 atom stereocenters. The van der Waals surface area contributed by atoms with Gasteiger partial charge in [-0.1, -0.05) is 52.0 Å². The SMILES string of the molecule is CO[Si](OC)(C1C(C)C=CC1C)C1C(C)C=CC1C. The maximum atomic E-state index is 6.17. The second-order valence-corrected chi connectivity index (χ2v) is 9.98. The van der Waals surface area contributed by atoms with Crippen molar-refractivity contribution in [2.45, 2.75) is 38.8 Å². The predicted molar refractivity (Wildman–Crippen MR) is 82.2 cm³/mol. The lowest BCUT2D eigenvalue weighted by molar-refractivity contribution is 0.189. The summed E-state index contributed by atoms with van der Waals surface area (Å²) in [7, 11) is 1.48. The highest BCUT2D eigenvalue weighted by Gasteiger charge is 2.58. The van der Waals surface area contributed by atoms with E-state index in [1.54, 1.807) is 0 Å². The Balaban J connectivity index is 2.38. The molecule has 0 spiro atoms. The van der Waals surface area contributed by atoms with Crippen molar-refractivity contribution in [1.82, 2.24) is 0 Å². The quantitative estimate of drug-likeness (QED) is 0.569. The molecular weight excluding hydrogens is 252 g/mol. The van der Waals surface area contributed by atoms with Gasteiger partial charge >= 0.3 is 8.56 Å². The Morgan fingerprint density at radius 1 is 0.632 bits per heavy atom. The van der Waals surface area contributed by atoms with E-state index in [1.807, 2.05) is 14.2 Å². The first-order valence-corrected chi connectivity index (χ1v) is 9.42. The van der Waals surface area contributed by atoms with Crippen LogP contribution in [0.4, 0.5) is 0 Å².